The lowest BCUT2D eigenvalue weighted by atomic mass is 10.0. The van der Waals surface area contributed by atoms with Gasteiger partial charge in [-0.05, 0) is 37.8 Å². The molecule has 1 saturated heterocycles. The van der Waals surface area contributed by atoms with Gasteiger partial charge in [0.15, 0.2) is 0 Å². The van der Waals surface area contributed by atoms with Crippen molar-refractivity contribution < 1.29 is 14.3 Å². The molecule has 1 aromatic carbocycles. The Hall–Kier alpha value is -2.30. The van der Waals surface area contributed by atoms with Crippen molar-refractivity contribution in [1.82, 2.24) is 10.6 Å². The predicted molar refractivity (Wildman–Crippen MR) is 84.6 cm³/mol. The van der Waals surface area contributed by atoms with E-state index in [1.807, 2.05) is 31.2 Å². The van der Waals surface area contributed by atoms with Gasteiger partial charge in [-0.2, -0.15) is 0 Å². The Balaban J connectivity index is 1.96. The molecule has 1 aliphatic heterocycles. The van der Waals surface area contributed by atoms with Crippen molar-refractivity contribution in [2.75, 3.05) is 13.7 Å². The van der Waals surface area contributed by atoms with Crippen molar-refractivity contribution in [3.8, 4) is 5.75 Å². The van der Waals surface area contributed by atoms with E-state index in [2.05, 4.69) is 10.6 Å². The molecule has 2 N–H and O–H groups in total. The number of benzene rings is 1. The van der Waals surface area contributed by atoms with Crippen LogP contribution >= 0.6 is 0 Å². The number of amides is 2. The molecular weight excluding hydrogens is 280 g/mol. The number of ether oxygens (including phenoxy) is 1. The number of allylic oxidation sites excluding steroid dienone is 1. The molecule has 0 spiro atoms. The molecule has 1 heterocycles. The molecule has 5 nitrogen and oxygen atoms in total. The zero-order valence-corrected chi connectivity index (χ0v) is 13.0. The first-order valence-corrected chi connectivity index (χ1v) is 7.47. The van der Waals surface area contributed by atoms with E-state index in [1.54, 1.807) is 13.2 Å². The maximum absolute atomic E-state index is 12.0. The van der Waals surface area contributed by atoms with Crippen molar-refractivity contribution in [2.45, 2.75) is 32.2 Å². The zero-order valence-electron chi connectivity index (χ0n) is 13.0. The van der Waals surface area contributed by atoms with Gasteiger partial charge in [-0.1, -0.05) is 23.8 Å². The van der Waals surface area contributed by atoms with Crippen LogP contribution in [0.1, 0.15) is 25.3 Å². The van der Waals surface area contributed by atoms with Crippen LogP contribution in [0.3, 0.4) is 0 Å². The van der Waals surface area contributed by atoms with Crippen LogP contribution in [0.5, 0.6) is 5.75 Å². The molecule has 1 aliphatic rings. The van der Waals surface area contributed by atoms with Crippen LogP contribution in [0, 0.1) is 0 Å². The quantitative estimate of drug-likeness (QED) is 0.812. The smallest absolute Gasteiger partial charge is 0.244 e. The summed E-state index contributed by atoms with van der Waals surface area (Å²) in [6, 6.07) is 7.31. The molecule has 22 heavy (non-hydrogen) atoms. The van der Waals surface area contributed by atoms with Gasteiger partial charge in [-0.25, -0.2) is 0 Å². The molecule has 0 aromatic heterocycles. The summed E-state index contributed by atoms with van der Waals surface area (Å²) in [7, 11) is 1.63. The Kier molecular flexibility index (Phi) is 5.58. The molecule has 0 radical (unpaired) electrons. The van der Waals surface area contributed by atoms with Crippen molar-refractivity contribution in [3.05, 3.63) is 41.5 Å². The Morgan fingerprint density at radius 2 is 2.23 bits per heavy atom. The van der Waals surface area contributed by atoms with Crippen molar-refractivity contribution in [1.29, 1.82) is 0 Å². The highest BCUT2D eigenvalue weighted by Gasteiger charge is 2.22. The van der Waals surface area contributed by atoms with E-state index in [1.165, 1.54) is 0 Å². The summed E-state index contributed by atoms with van der Waals surface area (Å²) in [5.41, 5.74) is 1.94. The summed E-state index contributed by atoms with van der Waals surface area (Å²) < 4.78 is 5.31. The molecule has 0 bridgehead atoms. The topological polar surface area (TPSA) is 67.4 Å². The number of methoxy groups -OCH3 is 1. The van der Waals surface area contributed by atoms with E-state index >= 15 is 0 Å². The third-order valence-electron chi connectivity index (χ3n) is 3.64. The number of carbonyl (C=O) groups is 2. The molecule has 1 aromatic rings. The van der Waals surface area contributed by atoms with E-state index < -0.39 is 6.04 Å². The second-order valence-corrected chi connectivity index (χ2v) is 5.47. The molecule has 118 valence electrons. The largest absolute Gasteiger partial charge is 0.496 e. The minimum absolute atomic E-state index is 0.101. The van der Waals surface area contributed by atoms with Gasteiger partial charge in [-0.3, -0.25) is 9.59 Å². The first-order chi connectivity index (χ1) is 10.6. The SMILES string of the molecule is COc1ccccc1C/C(C)=C\C(=O)N[C@@H]1CCCNC1=O. The van der Waals surface area contributed by atoms with Gasteiger partial charge >= 0.3 is 0 Å². The van der Waals surface area contributed by atoms with Crippen molar-refractivity contribution in [3.63, 3.8) is 0 Å². The maximum atomic E-state index is 12.0. The average molecular weight is 302 g/mol. The highest BCUT2D eigenvalue weighted by Crippen LogP contribution is 2.20. The first kappa shape index (κ1) is 16.1. The fraction of sp³-hybridized carbons (Fsp3) is 0.412. The van der Waals surface area contributed by atoms with E-state index in [4.69, 9.17) is 4.74 Å². The number of nitrogens with one attached hydrogen (secondary N) is 2. The third kappa shape index (κ3) is 4.35. The Bertz CT molecular complexity index is 581. The summed E-state index contributed by atoms with van der Waals surface area (Å²) in [5, 5.41) is 5.51. The van der Waals surface area contributed by atoms with Gasteiger partial charge in [0.2, 0.25) is 11.8 Å². The highest BCUT2D eigenvalue weighted by molar-refractivity contribution is 5.93. The van der Waals surface area contributed by atoms with Crippen LogP contribution in [0.2, 0.25) is 0 Å². The number of piperidine rings is 1. The lowest BCUT2D eigenvalue weighted by Crippen LogP contribution is -2.49. The van der Waals surface area contributed by atoms with Crippen molar-refractivity contribution >= 4 is 11.8 Å². The number of hydrogen-bond donors (Lipinski definition) is 2. The fourth-order valence-corrected chi connectivity index (χ4v) is 2.55. The number of hydrogen-bond acceptors (Lipinski definition) is 3. The maximum Gasteiger partial charge on any atom is 0.244 e. The normalized spacial score (nSPS) is 18.5. The van der Waals surface area contributed by atoms with Crippen LogP contribution in [0.15, 0.2) is 35.9 Å². The Labute approximate surface area is 130 Å². The second kappa shape index (κ2) is 7.64. The van der Waals surface area contributed by atoms with E-state index in [0.717, 1.165) is 23.3 Å². The van der Waals surface area contributed by atoms with Crippen LogP contribution in [0.25, 0.3) is 0 Å². The zero-order chi connectivity index (χ0) is 15.9. The summed E-state index contributed by atoms with van der Waals surface area (Å²) in [6.45, 7) is 2.58. The minimum Gasteiger partial charge on any atom is -0.496 e. The molecule has 5 heteroatoms. The molecular formula is C17H22N2O3. The van der Waals surface area contributed by atoms with Gasteiger partial charge < -0.3 is 15.4 Å². The summed E-state index contributed by atoms with van der Waals surface area (Å²) >= 11 is 0. The molecule has 2 rings (SSSR count). The van der Waals surface area contributed by atoms with Gasteiger partial charge in [-0.15, -0.1) is 0 Å². The minimum atomic E-state index is -0.420. The van der Waals surface area contributed by atoms with E-state index in [0.29, 0.717) is 19.4 Å². The highest BCUT2D eigenvalue weighted by atomic mass is 16.5. The van der Waals surface area contributed by atoms with Gasteiger partial charge in [0.05, 0.1) is 7.11 Å². The second-order valence-electron chi connectivity index (χ2n) is 5.47. The number of carbonyl (C=O) groups excluding carboxylic acids is 2. The van der Waals surface area contributed by atoms with Gasteiger partial charge in [0.25, 0.3) is 0 Å². The predicted octanol–water partition coefficient (Wildman–Crippen LogP) is 1.58. The Morgan fingerprint density at radius 3 is 2.95 bits per heavy atom. The molecule has 0 unspecified atom stereocenters. The van der Waals surface area contributed by atoms with Gasteiger partial charge in [0, 0.05) is 12.6 Å². The lowest BCUT2D eigenvalue weighted by molar-refractivity contribution is -0.128. The standard InChI is InChI=1S/C17H22N2O3/c1-12(10-13-6-3-4-8-15(13)22-2)11-16(20)19-14-7-5-9-18-17(14)21/h3-4,6,8,11,14H,5,7,9-10H2,1-2H3,(H,18,21)(H,19,20)/b12-11-/t14-/m1/s1. The molecule has 0 aliphatic carbocycles. The first-order valence-electron chi connectivity index (χ1n) is 7.47. The summed E-state index contributed by atoms with van der Waals surface area (Å²) in [5.74, 6) is 0.479. The molecule has 2 amide bonds. The van der Waals surface area contributed by atoms with Crippen LogP contribution < -0.4 is 15.4 Å². The number of rotatable bonds is 5. The van der Waals surface area contributed by atoms with Crippen LogP contribution in [-0.4, -0.2) is 31.5 Å². The van der Waals surface area contributed by atoms with Crippen molar-refractivity contribution in [2.24, 2.45) is 0 Å². The van der Waals surface area contributed by atoms with E-state index in [9.17, 15) is 9.59 Å². The van der Waals surface area contributed by atoms with Crippen LogP contribution in [-0.2, 0) is 16.0 Å². The Morgan fingerprint density at radius 1 is 1.45 bits per heavy atom. The van der Waals surface area contributed by atoms with E-state index in [-0.39, 0.29) is 11.8 Å². The lowest BCUT2D eigenvalue weighted by Gasteiger charge is -2.22. The molecule has 0 saturated carbocycles. The summed E-state index contributed by atoms with van der Waals surface area (Å²) in [6.07, 6.45) is 3.76. The third-order valence-corrected chi connectivity index (χ3v) is 3.64. The summed E-state index contributed by atoms with van der Waals surface area (Å²) in [4.78, 5) is 23.6. The van der Waals surface area contributed by atoms with Gasteiger partial charge in [0.1, 0.15) is 11.8 Å². The fourth-order valence-electron chi connectivity index (χ4n) is 2.55. The molecule has 1 fully saturated rings. The molecule has 1 atom stereocenters. The monoisotopic (exact) mass is 302 g/mol. The number of para-hydroxylation sites is 1. The average Bonchev–Trinajstić information content (AvgIpc) is 2.50. The van der Waals surface area contributed by atoms with Crippen LogP contribution in [0.4, 0.5) is 0 Å².